The maximum absolute atomic E-state index is 12.4. The van der Waals surface area contributed by atoms with Crippen molar-refractivity contribution in [2.24, 2.45) is 0 Å². The molecule has 0 radical (unpaired) electrons. The van der Waals surface area contributed by atoms with Crippen LogP contribution in [0.3, 0.4) is 0 Å². The predicted molar refractivity (Wildman–Crippen MR) is 82.8 cm³/mol. The molecule has 1 aromatic heterocycles. The summed E-state index contributed by atoms with van der Waals surface area (Å²) in [4.78, 5) is 16.8. The van der Waals surface area contributed by atoms with Crippen LogP contribution in [0.4, 0.5) is 0 Å². The Labute approximate surface area is 126 Å². The van der Waals surface area contributed by atoms with Crippen LogP contribution < -0.4 is 5.32 Å². The number of nitrogens with one attached hydrogen (secondary N) is 1. The van der Waals surface area contributed by atoms with Crippen molar-refractivity contribution >= 4 is 32.7 Å². The van der Waals surface area contributed by atoms with Crippen molar-refractivity contribution in [2.75, 3.05) is 6.61 Å². The highest BCUT2D eigenvalue weighted by molar-refractivity contribution is 9.10. The van der Waals surface area contributed by atoms with E-state index in [0.717, 1.165) is 21.1 Å². The van der Waals surface area contributed by atoms with Crippen molar-refractivity contribution in [2.45, 2.75) is 26.3 Å². The minimum absolute atomic E-state index is 0.0597. The standard InChI is InChI=1S/C15H17BrN2O2/c1-3-11(8-19)18-15(20)13-6-9(2)17-14-7-10(16)4-5-12(13)14/h4-7,11,19H,3,8H2,1-2H3,(H,18,20). The summed E-state index contributed by atoms with van der Waals surface area (Å²) in [5.41, 5.74) is 2.16. The zero-order valence-corrected chi connectivity index (χ0v) is 13.1. The van der Waals surface area contributed by atoms with Crippen LogP contribution in [0.25, 0.3) is 10.9 Å². The summed E-state index contributed by atoms with van der Waals surface area (Å²) in [7, 11) is 0. The Morgan fingerprint density at radius 1 is 1.45 bits per heavy atom. The molecule has 1 unspecified atom stereocenters. The summed E-state index contributed by atoms with van der Waals surface area (Å²) in [5.74, 6) is -0.177. The topological polar surface area (TPSA) is 62.2 Å². The van der Waals surface area contributed by atoms with Gasteiger partial charge in [-0.15, -0.1) is 0 Å². The molecule has 0 aliphatic carbocycles. The van der Waals surface area contributed by atoms with Crippen molar-refractivity contribution in [3.63, 3.8) is 0 Å². The lowest BCUT2D eigenvalue weighted by atomic mass is 10.1. The molecule has 0 spiro atoms. The molecule has 0 fully saturated rings. The van der Waals surface area contributed by atoms with Crippen molar-refractivity contribution < 1.29 is 9.90 Å². The number of pyridine rings is 1. The second-order valence-corrected chi connectivity index (χ2v) is 5.65. The molecule has 4 nitrogen and oxygen atoms in total. The second kappa shape index (κ2) is 6.33. The number of aryl methyl sites for hydroxylation is 1. The van der Waals surface area contributed by atoms with Crippen molar-refractivity contribution in [1.82, 2.24) is 10.3 Å². The van der Waals surface area contributed by atoms with Gasteiger partial charge in [-0.25, -0.2) is 0 Å². The Kier molecular flexibility index (Phi) is 4.73. The number of benzene rings is 1. The lowest BCUT2D eigenvalue weighted by Crippen LogP contribution is -2.37. The number of halogens is 1. The molecule has 1 amide bonds. The van der Waals surface area contributed by atoms with E-state index in [1.54, 1.807) is 6.07 Å². The summed E-state index contributed by atoms with van der Waals surface area (Å²) in [6.07, 6.45) is 0.690. The van der Waals surface area contributed by atoms with E-state index in [-0.39, 0.29) is 18.6 Å². The molecule has 0 aliphatic heterocycles. The second-order valence-electron chi connectivity index (χ2n) is 4.73. The van der Waals surface area contributed by atoms with Crippen molar-refractivity contribution in [3.05, 3.63) is 40.0 Å². The van der Waals surface area contributed by atoms with Gasteiger partial charge in [0.15, 0.2) is 0 Å². The quantitative estimate of drug-likeness (QED) is 0.902. The molecule has 0 saturated carbocycles. The zero-order chi connectivity index (χ0) is 14.7. The van der Waals surface area contributed by atoms with Crippen LogP contribution in [0.1, 0.15) is 29.4 Å². The number of hydrogen-bond donors (Lipinski definition) is 2. The van der Waals surface area contributed by atoms with Crippen LogP contribution in [-0.2, 0) is 0 Å². The fourth-order valence-electron chi connectivity index (χ4n) is 2.06. The third-order valence-electron chi connectivity index (χ3n) is 3.19. The molecular weight excluding hydrogens is 320 g/mol. The van der Waals surface area contributed by atoms with Crippen molar-refractivity contribution in [3.8, 4) is 0 Å². The van der Waals surface area contributed by atoms with Gasteiger partial charge in [0, 0.05) is 15.6 Å². The normalized spacial score (nSPS) is 12.4. The van der Waals surface area contributed by atoms with Gasteiger partial charge >= 0.3 is 0 Å². The van der Waals surface area contributed by atoms with E-state index in [1.807, 2.05) is 32.0 Å². The van der Waals surface area contributed by atoms with E-state index in [1.165, 1.54) is 0 Å². The Morgan fingerprint density at radius 3 is 2.85 bits per heavy atom. The highest BCUT2D eigenvalue weighted by atomic mass is 79.9. The Hall–Kier alpha value is -1.46. The van der Waals surface area contributed by atoms with Crippen LogP contribution in [0.2, 0.25) is 0 Å². The van der Waals surface area contributed by atoms with Crippen LogP contribution in [0.15, 0.2) is 28.7 Å². The third-order valence-corrected chi connectivity index (χ3v) is 3.69. The van der Waals surface area contributed by atoms with E-state index in [2.05, 4.69) is 26.2 Å². The van der Waals surface area contributed by atoms with E-state index >= 15 is 0 Å². The van der Waals surface area contributed by atoms with Gasteiger partial charge in [-0.2, -0.15) is 0 Å². The fraction of sp³-hybridized carbons (Fsp3) is 0.333. The van der Waals surface area contributed by atoms with Crippen LogP contribution in [-0.4, -0.2) is 28.6 Å². The highest BCUT2D eigenvalue weighted by Gasteiger charge is 2.15. The number of aliphatic hydroxyl groups excluding tert-OH is 1. The highest BCUT2D eigenvalue weighted by Crippen LogP contribution is 2.22. The minimum atomic E-state index is -0.221. The Balaban J connectivity index is 2.45. The molecule has 0 saturated heterocycles. The first-order valence-corrected chi connectivity index (χ1v) is 7.33. The molecule has 2 rings (SSSR count). The van der Waals surface area contributed by atoms with E-state index in [0.29, 0.717) is 12.0 Å². The molecule has 106 valence electrons. The average molecular weight is 337 g/mol. The van der Waals surface area contributed by atoms with E-state index < -0.39 is 0 Å². The zero-order valence-electron chi connectivity index (χ0n) is 11.5. The predicted octanol–water partition coefficient (Wildman–Crippen LogP) is 2.81. The van der Waals surface area contributed by atoms with Gasteiger partial charge in [0.25, 0.3) is 5.91 Å². The number of carbonyl (C=O) groups is 1. The SMILES string of the molecule is CCC(CO)NC(=O)c1cc(C)nc2cc(Br)ccc12. The molecule has 0 aliphatic rings. The van der Waals surface area contributed by atoms with Crippen LogP contribution >= 0.6 is 15.9 Å². The summed E-state index contributed by atoms with van der Waals surface area (Å²) >= 11 is 3.41. The number of rotatable bonds is 4. The van der Waals surface area contributed by atoms with Gasteiger partial charge < -0.3 is 10.4 Å². The summed E-state index contributed by atoms with van der Waals surface area (Å²) in [6, 6.07) is 7.21. The Bertz CT molecular complexity index is 634. The largest absolute Gasteiger partial charge is 0.394 e. The van der Waals surface area contributed by atoms with Gasteiger partial charge in [-0.05, 0) is 31.5 Å². The first-order valence-electron chi connectivity index (χ1n) is 6.53. The number of aromatic nitrogens is 1. The summed E-state index contributed by atoms with van der Waals surface area (Å²) < 4.78 is 0.927. The number of amides is 1. The number of fused-ring (bicyclic) bond motifs is 1. The number of nitrogens with zero attached hydrogens (tertiary/aromatic N) is 1. The Morgan fingerprint density at radius 2 is 2.20 bits per heavy atom. The molecule has 0 bridgehead atoms. The van der Waals surface area contributed by atoms with Crippen molar-refractivity contribution in [1.29, 1.82) is 0 Å². The molecule has 5 heteroatoms. The molecule has 1 heterocycles. The van der Waals surface area contributed by atoms with Gasteiger partial charge in [0.2, 0.25) is 0 Å². The first-order chi connectivity index (χ1) is 9.55. The van der Waals surface area contributed by atoms with Gasteiger partial charge in [-0.1, -0.05) is 28.9 Å². The molecule has 20 heavy (non-hydrogen) atoms. The van der Waals surface area contributed by atoms with Crippen LogP contribution in [0.5, 0.6) is 0 Å². The summed E-state index contributed by atoms with van der Waals surface area (Å²) in [5, 5.41) is 12.8. The molecular formula is C15H17BrN2O2. The first kappa shape index (κ1) is 14.9. The summed E-state index contributed by atoms with van der Waals surface area (Å²) in [6.45, 7) is 3.73. The van der Waals surface area contributed by atoms with Gasteiger partial charge in [0.05, 0.1) is 23.7 Å². The fourth-order valence-corrected chi connectivity index (χ4v) is 2.41. The molecule has 2 aromatic rings. The average Bonchev–Trinajstić information content (AvgIpc) is 2.43. The third kappa shape index (κ3) is 3.16. The number of hydrogen-bond acceptors (Lipinski definition) is 3. The van der Waals surface area contributed by atoms with E-state index in [4.69, 9.17) is 0 Å². The van der Waals surface area contributed by atoms with Gasteiger partial charge in [-0.3, -0.25) is 9.78 Å². The maximum atomic E-state index is 12.4. The molecule has 1 aromatic carbocycles. The van der Waals surface area contributed by atoms with Gasteiger partial charge in [0.1, 0.15) is 0 Å². The molecule has 1 atom stereocenters. The minimum Gasteiger partial charge on any atom is -0.394 e. The smallest absolute Gasteiger partial charge is 0.252 e. The lowest BCUT2D eigenvalue weighted by Gasteiger charge is -2.15. The lowest BCUT2D eigenvalue weighted by molar-refractivity contribution is 0.0916. The number of aliphatic hydroxyl groups is 1. The number of carbonyl (C=O) groups excluding carboxylic acids is 1. The van der Waals surface area contributed by atoms with E-state index in [9.17, 15) is 9.90 Å². The molecule has 2 N–H and O–H groups in total. The monoisotopic (exact) mass is 336 g/mol. The maximum Gasteiger partial charge on any atom is 0.252 e. The van der Waals surface area contributed by atoms with Crippen LogP contribution in [0, 0.1) is 6.92 Å².